The van der Waals surface area contributed by atoms with E-state index < -0.39 is 30.6 Å². The predicted molar refractivity (Wildman–Crippen MR) is 47.3 cm³/mol. The van der Waals surface area contributed by atoms with E-state index in [4.69, 9.17) is 5.11 Å². The molecule has 0 bridgehead atoms. The Kier molecular flexibility index (Phi) is 3.34. The fourth-order valence-corrected chi connectivity index (χ4v) is 1.18. The van der Waals surface area contributed by atoms with Crippen molar-refractivity contribution in [2.45, 2.75) is 18.8 Å². The Morgan fingerprint density at radius 1 is 1.27 bits per heavy atom. The first-order chi connectivity index (χ1) is 6.89. The standard InChI is InChI=1S/C10H9F3O2/c11-8-3-1-7(2-4-8)5-10(12,13)6-9(14)15/h1-4H,5-6H2,(H,14,15). The van der Waals surface area contributed by atoms with E-state index in [1.165, 1.54) is 12.1 Å². The van der Waals surface area contributed by atoms with E-state index in [0.29, 0.717) is 0 Å². The molecular weight excluding hydrogens is 209 g/mol. The molecule has 1 N–H and O–H groups in total. The second-order valence-corrected chi connectivity index (χ2v) is 3.23. The first-order valence-corrected chi connectivity index (χ1v) is 4.23. The monoisotopic (exact) mass is 218 g/mol. The average molecular weight is 218 g/mol. The summed E-state index contributed by atoms with van der Waals surface area (Å²) in [5.74, 6) is -5.37. The molecule has 0 aliphatic carbocycles. The van der Waals surface area contributed by atoms with Crippen molar-refractivity contribution in [2.24, 2.45) is 0 Å². The van der Waals surface area contributed by atoms with Gasteiger partial charge >= 0.3 is 5.97 Å². The quantitative estimate of drug-likeness (QED) is 0.842. The Hall–Kier alpha value is -1.52. The number of carboxylic acid groups (broad SMARTS) is 1. The summed E-state index contributed by atoms with van der Waals surface area (Å²) in [6.45, 7) is 0. The molecule has 2 nitrogen and oxygen atoms in total. The van der Waals surface area contributed by atoms with Gasteiger partial charge in [0.1, 0.15) is 12.2 Å². The Labute approximate surface area is 84.3 Å². The van der Waals surface area contributed by atoms with Gasteiger partial charge in [-0.1, -0.05) is 12.1 Å². The number of hydrogen-bond acceptors (Lipinski definition) is 1. The van der Waals surface area contributed by atoms with Crippen LogP contribution in [0.3, 0.4) is 0 Å². The molecule has 0 radical (unpaired) electrons. The summed E-state index contributed by atoms with van der Waals surface area (Å²) in [5, 5.41) is 8.23. The van der Waals surface area contributed by atoms with Crippen molar-refractivity contribution >= 4 is 5.97 Å². The van der Waals surface area contributed by atoms with Crippen LogP contribution in [-0.2, 0) is 11.2 Å². The van der Waals surface area contributed by atoms with Gasteiger partial charge in [0, 0.05) is 6.42 Å². The SMILES string of the molecule is O=C(O)CC(F)(F)Cc1ccc(F)cc1. The van der Waals surface area contributed by atoms with E-state index in [1.807, 2.05) is 0 Å². The van der Waals surface area contributed by atoms with E-state index in [-0.39, 0.29) is 5.56 Å². The van der Waals surface area contributed by atoms with Crippen LogP contribution < -0.4 is 0 Å². The summed E-state index contributed by atoms with van der Waals surface area (Å²) in [6.07, 6.45) is -1.91. The van der Waals surface area contributed by atoms with E-state index in [9.17, 15) is 18.0 Å². The zero-order chi connectivity index (χ0) is 11.5. The van der Waals surface area contributed by atoms with E-state index in [2.05, 4.69) is 0 Å². The molecule has 1 rings (SSSR count). The number of carbonyl (C=O) groups is 1. The maximum Gasteiger partial charge on any atom is 0.309 e. The number of hydrogen-bond donors (Lipinski definition) is 1. The van der Waals surface area contributed by atoms with Gasteiger partial charge < -0.3 is 5.11 Å². The summed E-state index contributed by atoms with van der Waals surface area (Å²) in [4.78, 5) is 10.1. The molecule has 0 amide bonds. The average Bonchev–Trinajstić information content (AvgIpc) is 2.06. The van der Waals surface area contributed by atoms with Crippen LogP contribution in [0, 0.1) is 5.82 Å². The van der Waals surface area contributed by atoms with Crippen molar-refractivity contribution in [3.63, 3.8) is 0 Å². The molecule has 0 heterocycles. The van der Waals surface area contributed by atoms with Crippen LogP contribution >= 0.6 is 0 Å². The van der Waals surface area contributed by atoms with Gasteiger partial charge in [-0.15, -0.1) is 0 Å². The van der Waals surface area contributed by atoms with Gasteiger partial charge in [0.05, 0.1) is 0 Å². The molecule has 0 aliphatic heterocycles. The minimum atomic E-state index is -3.30. The highest BCUT2D eigenvalue weighted by Crippen LogP contribution is 2.23. The number of rotatable bonds is 4. The lowest BCUT2D eigenvalue weighted by atomic mass is 10.1. The molecule has 1 aromatic carbocycles. The first kappa shape index (κ1) is 11.6. The highest BCUT2D eigenvalue weighted by atomic mass is 19.3. The molecule has 0 spiro atoms. The van der Waals surface area contributed by atoms with Crippen molar-refractivity contribution in [1.82, 2.24) is 0 Å². The lowest BCUT2D eigenvalue weighted by Gasteiger charge is -2.13. The second-order valence-electron chi connectivity index (χ2n) is 3.23. The molecule has 0 saturated carbocycles. The topological polar surface area (TPSA) is 37.3 Å². The van der Waals surface area contributed by atoms with Crippen LogP contribution in [0.5, 0.6) is 0 Å². The highest BCUT2D eigenvalue weighted by molar-refractivity contribution is 5.67. The summed E-state index contributed by atoms with van der Waals surface area (Å²) >= 11 is 0. The fourth-order valence-electron chi connectivity index (χ4n) is 1.18. The largest absolute Gasteiger partial charge is 0.481 e. The Morgan fingerprint density at radius 2 is 1.80 bits per heavy atom. The molecule has 15 heavy (non-hydrogen) atoms. The van der Waals surface area contributed by atoms with Crippen LogP contribution in [0.4, 0.5) is 13.2 Å². The zero-order valence-corrected chi connectivity index (χ0v) is 7.71. The molecule has 0 aromatic heterocycles. The molecule has 0 atom stereocenters. The molecule has 1 aromatic rings. The summed E-state index contributed by atoms with van der Waals surface area (Å²) in [6, 6.07) is 4.55. The summed E-state index contributed by atoms with van der Waals surface area (Å²) < 4.78 is 38.4. The van der Waals surface area contributed by atoms with Gasteiger partial charge in [-0.05, 0) is 17.7 Å². The van der Waals surface area contributed by atoms with Gasteiger partial charge in [-0.3, -0.25) is 4.79 Å². The van der Waals surface area contributed by atoms with Crippen molar-refractivity contribution in [3.05, 3.63) is 35.6 Å². The third-order valence-electron chi connectivity index (χ3n) is 1.79. The normalized spacial score (nSPS) is 11.4. The molecule has 0 unspecified atom stereocenters. The first-order valence-electron chi connectivity index (χ1n) is 4.23. The van der Waals surface area contributed by atoms with Crippen LogP contribution in [0.15, 0.2) is 24.3 Å². The molecule has 5 heteroatoms. The molecule has 0 saturated heterocycles. The van der Waals surface area contributed by atoms with Gasteiger partial charge in [0.2, 0.25) is 0 Å². The Balaban J connectivity index is 2.68. The van der Waals surface area contributed by atoms with Gasteiger partial charge in [0.15, 0.2) is 0 Å². The molecule has 0 aliphatic rings. The third-order valence-corrected chi connectivity index (χ3v) is 1.79. The van der Waals surface area contributed by atoms with Crippen LogP contribution in [0.25, 0.3) is 0 Å². The van der Waals surface area contributed by atoms with E-state index >= 15 is 0 Å². The third kappa shape index (κ3) is 4.01. The number of benzene rings is 1. The minimum absolute atomic E-state index is 0.211. The summed E-state index contributed by atoms with van der Waals surface area (Å²) in [7, 11) is 0. The number of alkyl halides is 2. The zero-order valence-electron chi connectivity index (χ0n) is 7.71. The van der Waals surface area contributed by atoms with E-state index in [0.717, 1.165) is 12.1 Å². The predicted octanol–water partition coefficient (Wildman–Crippen LogP) is 2.48. The summed E-state index contributed by atoms with van der Waals surface area (Å²) in [5.41, 5.74) is 0.211. The maximum atomic E-state index is 13.0. The van der Waals surface area contributed by atoms with Crippen molar-refractivity contribution in [2.75, 3.05) is 0 Å². The van der Waals surface area contributed by atoms with Crippen LogP contribution in [0.2, 0.25) is 0 Å². The van der Waals surface area contributed by atoms with Crippen LogP contribution in [0.1, 0.15) is 12.0 Å². The van der Waals surface area contributed by atoms with E-state index in [1.54, 1.807) is 0 Å². The fraction of sp³-hybridized carbons (Fsp3) is 0.300. The smallest absolute Gasteiger partial charge is 0.309 e. The highest BCUT2D eigenvalue weighted by Gasteiger charge is 2.32. The van der Waals surface area contributed by atoms with Crippen molar-refractivity contribution in [1.29, 1.82) is 0 Å². The second kappa shape index (κ2) is 4.33. The molecule has 82 valence electrons. The van der Waals surface area contributed by atoms with Gasteiger partial charge in [-0.25, -0.2) is 13.2 Å². The lowest BCUT2D eigenvalue weighted by Crippen LogP contribution is -2.23. The van der Waals surface area contributed by atoms with Crippen LogP contribution in [-0.4, -0.2) is 17.0 Å². The Morgan fingerprint density at radius 3 is 2.27 bits per heavy atom. The lowest BCUT2D eigenvalue weighted by molar-refractivity contribution is -0.144. The minimum Gasteiger partial charge on any atom is -0.481 e. The maximum absolute atomic E-state index is 13.0. The number of aliphatic carboxylic acids is 1. The van der Waals surface area contributed by atoms with Crippen molar-refractivity contribution in [3.8, 4) is 0 Å². The number of carboxylic acids is 1. The molecular formula is C10H9F3O2. The molecule has 0 fully saturated rings. The van der Waals surface area contributed by atoms with Gasteiger partial charge in [-0.2, -0.15) is 0 Å². The Bertz CT molecular complexity index is 346. The number of halogens is 3. The van der Waals surface area contributed by atoms with Gasteiger partial charge in [0.25, 0.3) is 5.92 Å². The van der Waals surface area contributed by atoms with Crippen molar-refractivity contribution < 1.29 is 23.1 Å².